The molecule has 0 unspecified atom stereocenters. The van der Waals surface area contributed by atoms with Crippen LogP contribution in [0.2, 0.25) is 0 Å². The molecule has 6 heteroatoms. The van der Waals surface area contributed by atoms with E-state index in [2.05, 4.69) is 4.18 Å². The number of hydrogen-bond acceptors (Lipinski definition) is 4. The second-order valence-corrected chi connectivity index (χ2v) is 4.83. The summed E-state index contributed by atoms with van der Waals surface area (Å²) < 4.78 is 25.9. The molecule has 0 aromatic carbocycles. The quantitative estimate of drug-likeness (QED) is 0.590. The standard InChI is InChI=1S/C7H13NO4S/c1-8-6(3-4-7(8)9)5-12-13(2,10)11/h6H,3-5H2,1-2H3/t6-/m0/s1. The summed E-state index contributed by atoms with van der Waals surface area (Å²) in [5.41, 5.74) is 0. The zero-order valence-electron chi connectivity index (χ0n) is 7.69. The number of carbonyl (C=O) groups excluding carboxylic acids is 1. The molecular weight excluding hydrogens is 194 g/mol. The van der Waals surface area contributed by atoms with Gasteiger partial charge in [-0.15, -0.1) is 0 Å². The zero-order chi connectivity index (χ0) is 10.1. The Morgan fingerprint density at radius 3 is 2.62 bits per heavy atom. The van der Waals surface area contributed by atoms with Gasteiger partial charge in [-0.1, -0.05) is 0 Å². The van der Waals surface area contributed by atoms with Gasteiger partial charge < -0.3 is 4.90 Å². The SMILES string of the molecule is CN1C(=O)CC[C@H]1COS(C)(=O)=O. The molecule has 0 bridgehead atoms. The molecule has 0 aromatic rings. The summed E-state index contributed by atoms with van der Waals surface area (Å²) in [5.74, 6) is 0.0436. The molecule has 1 saturated heterocycles. The van der Waals surface area contributed by atoms with Crippen LogP contribution < -0.4 is 0 Å². The van der Waals surface area contributed by atoms with Gasteiger partial charge in [0.05, 0.1) is 18.9 Å². The third-order valence-corrected chi connectivity index (χ3v) is 2.67. The fraction of sp³-hybridized carbons (Fsp3) is 0.857. The molecule has 0 radical (unpaired) electrons. The Labute approximate surface area is 77.8 Å². The molecule has 1 heterocycles. The number of likely N-dealkylation sites (tertiary alicyclic amines) is 1. The largest absolute Gasteiger partial charge is 0.340 e. The Balaban J connectivity index is 2.43. The van der Waals surface area contributed by atoms with Crippen LogP contribution in [0, 0.1) is 0 Å². The molecule has 0 aromatic heterocycles. The number of rotatable bonds is 3. The summed E-state index contributed by atoms with van der Waals surface area (Å²) in [6.45, 7) is 0.0705. The Bertz CT molecular complexity index is 298. The van der Waals surface area contributed by atoms with Gasteiger partial charge in [0.1, 0.15) is 0 Å². The van der Waals surface area contributed by atoms with E-state index in [-0.39, 0.29) is 18.6 Å². The minimum atomic E-state index is -3.39. The Hall–Kier alpha value is -0.620. The maximum absolute atomic E-state index is 11.0. The molecule has 13 heavy (non-hydrogen) atoms. The molecule has 0 N–H and O–H groups in total. The summed E-state index contributed by atoms with van der Waals surface area (Å²) in [5, 5.41) is 0. The van der Waals surface area contributed by atoms with Crippen molar-refractivity contribution in [2.45, 2.75) is 18.9 Å². The van der Waals surface area contributed by atoms with Crippen molar-refractivity contribution < 1.29 is 17.4 Å². The van der Waals surface area contributed by atoms with Crippen molar-refractivity contribution >= 4 is 16.0 Å². The van der Waals surface area contributed by atoms with Gasteiger partial charge in [-0.05, 0) is 6.42 Å². The minimum Gasteiger partial charge on any atom is -0.340 e. The highest BCUT2D eigenvalue weighted by atomic mass is 32.2. The average molecular weight is 207 g/mol. The zero-order valence-corrected chi connectivity index (χ0v) is 8.50. The van der Waals surface area contributed by atoms with Gasteiger partial charge in [0.15, 0.2) is 0 Å². The summed E-state index contributed by atoms with van der Waals surface area (Å²) in [6, 6.07) is -0.0952. The Morgan fingerprint density at radius 2 is 2.23 bits per heavy atom. The lowest BCUT2D eigenvalue weighted by atomic mass is 10.2. The monoisotopic (exact) mass is 207 g/mol. The molecule has 0 saturated carbocycles. The van der Waals surface area contributed by atoms with Crippen LogP contribution in [-0.2, 0) is 19.1 Å². The molecule has 1 fully saturated rings. The highest BCUT2D eigenvalue weighted by Crippen LogP contribution is 2.16. The van der Waals surface area contributed by atoms with Crippen LogP contribution in [0.15, 0.2) is 0 Å². The van der Waals surface area contributed by atoms with Crippen LogP contribution >= 0.6 is 0 Å². The predicted octanol–water partition coefficient (Wildman–Crippen LogP) is -0.417. The summed E-state index contributed by atoms with van der Waals surface area (Å²) in [6.07, 6.45) is 2.16. The van der Waals surface area contributed by atoms with Crippen LogP contribution in [0.3, 0.4) is 0 Å². The van der Waals surface area contributed by atoms with Gasteiger partial charge in [0.2, 0.25) is 5.91 Å². The van der Waals surface area contributed by atoms with Crippen molar-refractivity contribution in [1.29, 1.82) is 0 Å². The van der Waals surface area contributed by atoms with E-state index in [0.29, 0.717) is 12.8 Å². The maximum Gasteiger partial charge on any atom is 0.264 e. The smallest absolute Gasteiger partial charge is 0.264 e. The van der Waals surface area contributed by atoms with Crippen LogP contribution in [0.1, 0.15) is 12.8 Å². The van der Waals surface area contributed by atoms with Crippen molar-refractivity contribution in [1.82, 2.24) is 4.90 Å². The van der Waals surface area contributed by atoms with E-state index >= 15 is 0 Å². The van der Waals surface area contributed by atoms with Crippen LogP contribution in [0.4, 0.5) is 0 Å². The number of likely N-dealkylation sites (N-methyl/N-ethyl adjacent to an activating group) is 1. The van der Waals surface area contributed by atoms with E-state index in [4.69, 9.17) is 0 Å². The van der Waals surface area contributed by atoms with E-state index in [1.165, 1.54) is 4.90 Å². The second kappa shape index (κ2) is 3.63. The van der Waals surface area contributed by atoms with E-state index in [1.54, 1.807) is 7.05 Å². The fourth-order valence-corrected chi connectivity index (χ4v) is 1.67. The first kappa shape index (κ1) is 10.5. The van der Waals surface area contributed by atoms with E-state index < -0.39 is 10.1 Å². The van der Waals surface area contributed by atoms with Crippen molar-refractivity contribution in [2.75, 3.05) is 19.9 Å². The summed E-state index contributed by atoms with van der Waals surface area (Å²) in [7, 11) is -1.73. The number of nitrogens with zero attached hydrogens (tertiary/aromatic N) is 1. The van der Waals surface area contributed by atoms with Crippen molar-refractivity contribution in [2.24, 2.45) is 0 Å². The molecule has 1 amide bonds. The molecule has 5 nitrogen and oxygen atoms in total. The van der Waals surface area contributed by atoms with Gasteiger partial charge in [0.25, 0.3) is 10.1 Å². The van der Waals surface area contributed by atoms with Gasteiger partial charge in [0, 0.05) is 13.5 Å². The third-order valence-electron chi connectivity index (χ3n) is 2.11. The molecule has 0 spiro atoms. The topological polar surface area (TPSA) is 63.7 Å². The van der Waals surface area contributed by atoms with E-state index in [9.17, 15) is 13.2 Å². The molecule has 1 aliphatic heterocycles. The van der Waals surface area contributed by atoms with Gasteiger partial charge >= 0.3 is 0 Å². The highest BCUT2D eigenvalue weighted by Gasteiger charge is 2.28. The van der Waals surface area contributed by atoms with Crippen LogP contribution in [0.5, 0.6) is 0 Å². The maximum atomic E-state index is 11.0. The van der Waals surface area contributed by atoms with Crippen LogP contribution in [0.25, 0.3) is 0 Å². The van der Waals surface area contributed by atoms with Crippen molar-refractivity contribution in [3.05, 3.63) is 0 Å². The normalized spacial score (nSPS) is 24.0. The number of amides is 1. The minimum absolute atomic E-state index is 0.0436. The first-order valence-electron chi connectivity index (χ1n) is 4.00. The number of carbonyl (C=O) groups is 1. The Kier molecular flexibility index (Phi) is 2.92. The van der Waals surface area contributed by atoms with Crippen molar-refractivity contribution in [3.63, 3.8) is 0 Å². The second-order valence-electron chi connectivity index (χ2n) is 3.19. The molecule has 1 rings (SSSR count). The first-order valence-corrected chi connectivity index (χ1v) is 5.82. The molecular formula is C7H13NO4S. The first-order chi connectivity index (χ1) is 5.90. The van der Waals surface area contributed by atoms with E-state index in [1.807, 2.05) is 0 Å². The highest BCUT2D eigenvalue weighted by molar-refractivity contribution is 7.85. The molecule has 1 atom stereocenters. The Morgan fingerprint density at radius 1 is 1.62 bits per heavy atom. The van der Waals surface area contributed by atoms with Gasteiger partial charge in [-0.25, -0.2) is 0 Å². The lowest BCUT2D eigenvalue weighted by Gasteiger charge is -2.18. The van der Waals surface area contributed by atoms with Gasteiger partial charge in [-0.3, -0.25) is 8.98 Å². The summed E-state index contributed by atoms with van der Waals surface area (Å²) >= 11 is 0. The lowest BCUT2D eigenvalue weighted by Crippen LogP contribution is -2.33. The number of hydrogen-bond donors (Lipinski definition) is 0. The molecule has 1 aliphatic rings. The van der Waals surface area contributed by atoms with Crippen molar-refractivity contribution in [3.8, 4) is 0 Å². The molecule has 76 valence electrons. The lowest BCUT2D eigenvalue weighted by molar-refractivity contribution is -0.127. The van der Waals surface area contributed by atoms with Crippen LogP contribution in [-0.4, -0.2) is 45.2 Å². The van der Waals surface area contributed by atoms with Gasteiger partial charge in [-0.2, -0.15) is 8.42 Å². The van der Waals surface area contributed by atoms with E-state index in [0.717, 1.165) is 6.26 Å². The fourth-order valence-electron chi connectivity index (χ4n) is 1.26. The third kappa shape index (κ3) is 2.96. The molecule has 0 aliphatic carbocycles. The average Bonchev–Trinajstić information content (AvgIpc) is 2.29. The predicted molar refractivity (Wildman–Crippen MR) is 46.6 cm³/mol. The summed E-state index contributed by atoms with van der Waals surface area (Å²) in [4.78, 5) is 12.6.